The minimum Gasteiger partial charge on any atom is -0.459 e. The number of carbonyl (C=O) groups is 1. The highest BCUT2D eigenvalue weighted by molar-refractivity contribution is 5.84. The number of hydrogen-bond donors (Lipinski definition) is 16. The molecule has 32 heteroatoms. The van der Waals surface area contributed by atoms with Gasteiger partial charge in [0.05, 0.1) is 51.3 Å². The SMILES string of the molecule is CO[C@@H]1[C@@H](O)[C@H](O[C@@H]2[C@@H](O)[C@H](O[C@H]3[C@H](O)[C@@H](O)[C@H](O[C@H]4[C@H](O[C@H]5CC[C@]6(C)C7=C[C@H](O)[C@@]89C(=O)O[C@@](C)(CCCC(C)C)[C@H]8CC[C@@]9(C)[C@@H]7CC[C@@H]6C5(C)C)OC[C@@H](O[C@@H]5O[C@H](CO)[C@@H](O)[C@H](O[C@@H]6O[C@H](CO)[C@@H](O)[C@H](OC)[C@H]6O)[C@H]5O)[C@@H]4O)O[C@@H]3C)O[C@H](CO)[C@H]2O)O[C@H](CO)[C@H]1O. The topological polar surface area (TPSA) is 479 Å². The number of esters is 1. The van der Waals surface area contributed by atoms with Gasteiger partial charge in [0.2, 0.25) is 0 Å². The van der Waals surface area contributed by atoms with E-state index in [0.717, 1.165) is 31.3 Å². The van der Waals surface area contributed by atoms with Crippen molar-refractivity contribution in [2.24, 2.45) is 45.3 Å². The number of cyclic esters (lactones) is 1. The van der Waals surface area contributed by atoms with E-state index in [-0.39, 0.29) is 23.7 Å². The number of carbonyl (C=O) groups excluding carboxylic acids is 1. The van der Waals surface area contributed by atoms with Crippen molar-refractivity contribution in [2.75, 3.05) is 47.3 Å². The highest BCUT2D eigenvalue weighted by Crippen LogP contribution is 2.76. The summed E-state index contributed by atoms with van der Waals surface area (Å²) in [6.45, 7) is 12.6. The number of ether oxygens (including phenoxy) is 15. The Morgan fingerprint density at radius 1 is 0.505 bits per heavy atom. The molecule has 16 N–H and O–H groups in total. The molecule has 4 aliphatic carbocycles. The molecule has 7 saturated heterocycles. The second-order valence-electron chi connectivity index (χ2n) is 31.2. The molecule has 7 aliphatic heterocycles. The second-order valence-corrected chi connectivity index (χ2v) is 31.2. The van der Waals surface area contributed by atoms with Crippen molar-refractivity contribution in [3.8, 4) is 0 Å². The average molecular weight is 1430 g/mol. The first kappa shape index (κ1) is 78.1. The first-order valence-electron chi connectivity index (χ1n) is 35.2. The van der Waals surface area contributed by atoms with Gasteiger partial charge >= 0.3 is 5.97 Å². The van der Waals surface area contributed by atoms with E-state index in [2.05, 4.69) is 41.5 Å². The summed E-state index contributed by atoms with van der Waals surface area (Å²) in [6, 6.07) is 0. The Bertz CT molecular complexity index is 2740. The Hall–Kier alpha value is -1.99. The molecule has 0 aromatic rings. The Morgan fingerprint density at radius 3 is 1.48 bits per heavy atom. The van der Waals surface area contributed by atoms with Crippen LogP contribution in [0, 0.1) is 45.3 Å². The van der Waals surface area contributed by atoms with Crippen molar-refractivity contribution in [2.45, 2.75) is 309 Å². The van der Waals surface area contributed by atoms with Gasteiger partial charge in [0.25, 0.3) is 0 Å². The summed E-state index contributed by atoms with van der Waals surface area (Å²) in [6.07, 6.45) is -42.5. The zero-order chi connectivity index (χ0) is 72.1. The minimum atomic E-state index is -2.08. The van der Waals surface area contributed by atoms with Crippen molar-refractivity contribution >= 4 is 5.97 Å². The zero-order valence-electron chi connectivity index (χ0n) is 57.9. The predicted molar refractivity (Wildman–Crippen MR) is 332 cm³/mol. The summed E-state index contributed by atoms with van der Waals surface area (Å²) in [4.78, 5) is 14.6. The summed E-state index contributed by atoms with van der Waals surface area (Å²) in [5, 5.41) is 180. The third kappa shape index (κ3) is 13.5. The van der Waals surface area contributed by atoms with Crippen LogP contribution in [0.3, 0.4) is 0 Å². The molecule has 38 atom stereocenters. The quantitative estimate of drug-likeness (QED) is 0.0279. The van der Waals surface area contributed by atoms with E-state index in [1.807, 2.05) is 13.0 Å². The monoisotopic (exact) mass is 1430 g/mol. The van der Waals surface area contributed by atoms with Crippen molar-refractivity contribution in [1.29, 1.82) is 0 Å². The van der Waals surface area contributed by atoms with Gasteiger partial charge in [-0.1, -0.05) is 59.6 Å². The van der Waals surface area contributed by atoms with Crippen molar-refractivity contribution < 1.29 is 158 Å². The lowest BCUT2D eigenvalue weighted by Gasteiger charge is -2.64. The van der Waals surface area contributed by atoms with Crippen LogP contribution >= 0.6 is 0 Å². The largest absolute Gasteiger partial charge is 0.459 e. The smallest absolute Gasteiger partial charge is 0.316 e. The number of aliphatic hydroxyl groups is 16. The van der Waals surface area contributed by atoms with Crippen LogP contribution in [0.2, 0.25) is 0 Å². The van der Waals surface area contributed by atoms with E-state index in [1.165, 1.54) is 21.1 Å². The van der Waals surface area contributed by atoms with E-state index in [1.54, 1.807) is 0 Å². The van der Waals surface area contributed by atoms with Crippen molar-refractivity contribution in [3.05, 3.63) is 11.6 Å². The van der Waals surface area contributed by atoms with E-state index >= 15 is 0 Å². The van der Waals surface area contributed by atoms with Gasteiger partial charge in [0, 0.05) is 20.1 Å². The maximum absolute atomic E-state index is 14.6. The highest BCUT2D eigenvalue weighted by Gasteiger charge is 2.79. The molecule has 0 aromatic carbocycles. The first-order chi connectivity index (χ1) is 46.8. The lowest BCUT2D eigenvalue weighted by Crippen LogP contribution is -2.67. The maximum Gasteiger partial charge on any atom is 0.316 e. The van der Waals surface area contributed by atoms with Crippen LogP contribution in [0.4, 0.5) is 0 Å². The second kappa shape index (κ2) is 30.3. The molecular formula is C67H110O32. The van der Waals surface area contributed by atoms with Crippen LogP contribution in [-0.4, -0.2) is 331 Å². The van der Waals surface area contributed by atoms with Crippen LogP contribution in [0.1, 0.15) is 113 Å². The van der Waals surface area contributed by atoms with E-state index in [0.29, 0.717) is 38.0 Å². The molecule has 1 spiro atoms. The third-order valence-corrected chi connectivity index (χ3v) is 24.9. The fourth-order valence-corrected chi connectivity index (χ4v) is 19.4. The van der Waals surface area contributed by atoms with Crippen molar-refractivity contribution in [1.82, 2.24) is 0 Å². The average Bonchev–Trinajstić information content (AvgIpc) is 1.53. The van der Waals surface area contributed by atoms with Gasteiger partial charge in [-0.05, 0) is 99.2 Å². The number of methoxy groups -OCH3 is 2. The van der Waals surface area contributed by atoms with Gasteiger partial charge in [0.1, 0.15) is 145 Å². The van der Waals surface area contributed by atoms with Crippen LogP contribution in [-0.2, 0) is 75.8 Å². The van der Waals surface area contributed by atoms with Gasteiger partial charge in [0.15, 0.2) is 37.7 Å². The summed E-state index contributed by atoms with van der Waals surface area (Å²) in [5.41, 5.74) is -2.51. The van der Waals surface area contributed by atoms with Crippen LogP contribution in [0.15, 0.2) is 11.6 Å². The van der Waals surface area contributed by atoms with Crippen LogP contribution < -0.4 is 0 Å². The fraction of sp³-hybridized carbons (Fsp3) is 0.955. The molecule has 99 heavy (non-hydrogen) atoms. The van der Waals surface area contributed by atoms with E-state index < -0.39 is 251 Å². The molecule has 7 heterocycles. The fourth-order valence-electron chi connectivity index (χ4n) is 19.4. The number of rotatable bonds is 22. The number of aliphatic hydroxyl groups excluding tert-OH is 16. The van der Waals surface area contributed by atoms with Gasteiger partial charge in [-0.2, -0.15) is 0 Å². The summed E-state index contributed by atoms with van der Waals surface area (Å²) >= 11 is 0. The normalized spacial score (nSPS) is 52.9. The predicted octanol–water partition coefficient (Wildman–Crippen LogP) is -4.03. The van der Waals surface area contributed by atoms with Gasteiger partial charge in [-0.3, -0.25) is 4.79 Å². The van der Waals surface area contributed by atoms with Gasteiger partial charge in [-0.25, -0.2) is 0 Å². The minimum absolute atomic E-state index is 0.0371. The Balaban J connectivity index is 0.839. The van der Waals surface area contributed by atoms with Crippen molar-refractivity contribution in [3.63, 3.8) is 0 Å². The zero-order valence-corrected chi connectivity index (χ0v) is 57.9. The summed E-state index contributed by atoms with van der Waals surface area (Å²) in [7, 11) is 2.36. The molecule has 0 aromatic heterocycles. The Kier molecular flexibility index (Phi) is 23.9. The molecule has 10 fully saturated rings. The molecule has 3 saturated carbocycles. The number of fused-ring (bicyclic) bond motifs is 4. The molecule has 570 valence electrons. The number of hydrogen-bond acceptors (Lipinski definition) is 32. The maximum atomic E-state index is 14.6. The number of allylic oxidation sites excluding steroid dienone is 1. The van der Waals surface area contributed by atoms with Gasteiger partial charge in [-0.15, -0.1) is 0 Å². The molecule has 0 amide bonds. The molecule has 11 rings (SSSR count). The van der Waals surface area contributed by atoms with Gasteiger partial charge < -0.3 is 153 Å². The van der Waals surface area contributed by atoms with Crippen LogP contribution in [0.25, 0.3) is 0 Å². The Morgan fingerprint density at radius 2 is 0.980 bits per heavy atom. The first-order valence-corrected chi connectivity index (χ1v) is 35.2. The third-order valence-electron chi connectivity index (χ3n) is 24.9. The Labute approximate surface area is 575 Å². The summed E-state index contributed by atoms with van der Waals surface area (Å²) < 4.78 is 90.2. The lowest BCUT2D eigenvalue weighted by molar-refractivity contribution is -0.397. The molecular weight excluding hydrogens is 1320 g/mol. The standard InChI is InChI=1S/C67H110O32/c1-26(2)12-11-17-66(8)36-15-19-65(7)28-13-14-35-63(4,5)38(16-18-64(35,6)29(28)20-37(72)67(36,65)62(84)99-66)94-61-55(43(77)34(25-87-61)93-57-48(82)53(41(75)32(23-70)89-57)96-58-46(80)51(85-9)39(73)30(21-68)90-58)98-56-45(79)44(78)50(27(3)88-56)95-60-49(83)54(42(76)33(24-71)92-60)97-59-47(81)52(86-10)40(74)31(22-69)91-59/h20,26-28,30-61,68-83H,11-19,21-25H2,1-10H3/t27-,28-,30-,31-,32-,33-,34-,35-,36-,37+,38+,39-,40-,41-,42-,43+,44-,45-,46-,47-,48-,49-,50-,51+,52+,53+,54+,55-,56+,57+,58+,59+,60+,61+,64-,65+,66+,67-/m1/s1. The lowest BCUT2D eigenvalue weighted by atomic mass is 9.40. The molecule has 32 nitrogen and oxygen atoms in total. The molecule has 0 radical (unpaired) electrons. The van der Waals surface area contributed by atoms with E-state index in [4.69, 9.17) is 71.1 Å². The van der Waals surface area contributed by atoms with Crippen LogP contribution in [0.5, 0.6) is 0 Å². The molecule has 0 bridgehead atoms. The molecule has 0 unspecified atom stereocenters. The molecule has 11 aliphatic rings. The van der Waals surface area contributed by atoms with E-state index in [9.17, 15) is 86.5 Å². The summed E-state index contributed by atoms with van der Waals surface area (Å²) in [5.74, 6) is -0.129. The highest BCUT2D eigenvalue weighted by atomic mass is 16.8.